The van der Waals surface area contributed by atoms with E-state index in [0.717, 1.165) is 61.9 Å². The number of nitrogens with zero attached hydrogens (tertiary/aromatic N) is 3. The molecule has 2 aromatic carbocycles. The second-order valence-electron chi connectivity index (χ2n) is 7.50. The SMILES string of the molecule is COc1cccc2c1C(O)CN(CCCN1CCN(c3ccccc3F)CC1)S2. The predicted molar refractivity (Wildman–Crippen MR) is 115 cm³/mol. The second-order valence-corrected chi connectivity index (χ2v) is 8.64. The molecule has 2 aliphatic rings. The molecular formula is C22H28FN3O2S. The maximum absolute atomic E-state index is 14.0. The van der Waals surface area contributed by atoms with E-state index in [1.807, 2.05) is 30.3 Å². The molecule has 5 nitrogen and oxygen atoms in total. The normalized spacial score (nSPS) is 20.5. The van der Waals surface area contributed by atoms with Gasteiger partial charge in [0.15, 0.2) is 0 Å². The molecule has 1 unspecified atom stereocenters. The summed E-state index contributed by atoms with van der Waals surface area (Å²) in [6.07, 6.45) is 0.519. The summed E-state index contributed by atoms with van der Waals surface area (Å²) in [5.41, 5.74) is 1.61. The number of aliphatic hydroxyl groups excluding tert-OH is 1. The van der Waals surface area contributed by atoms with Gasteiger partial charge in [-0.2, -0.15) is 0 Å². The Bertz CT molecular complexity index is 829. The van der Waals surface area contributed by atoms with Crippen LogP contribution in [0.4, 0.5) is 10.1 Å². The molecule has 2 aromatic rings. The Morgan fingerprint density at radius 2 is 1.86 bits per heavy atom. The highest BCUT2D eigenvalue weighted by atomic mass is 32.2. The van der Waals surface area contributed by atoms with Gasteiger partial charge < -0.3 is 14.7 Å². The quantitative estimate of drug-likeness (QED) is 0.727. The lowest BCUT2D eigenvalue weighted by atomic mass is 10.1. The van der Waals surface area contributed by atoms with Crippen molar-refractivity contribution in [3.63, 3.8) is 0 Å². The third kappa shape index (κ3) is 4.69. The van der Waals surface area contributed by atoms with Crippen LogP contribution in [0, 0.1) is 5.82 Å². The largest absolute Gasteiger partial charge is 0.496 e. The molecule has 0 radical (unpaired) electrons. The maximum Gasteiger partial charge on any atom is 0.146 e. The number of hydrogen-bond donors (Lipinski definition) is 1. The average Bonchev–Trinajstić information content (AvgIpc) is 2.74. The van der Waals surface area contributed by atoms with Crippen LogP contribution < -0.4 is 9.64 Å². The topological polar surface area (TPSA) is 39.2 Å². The molecule has 7 heteroatoms. The number of para-hydroxylation sites is 1. The highest BCUT2D eigenvalue weighted by Gasteiger charge is 2.27. The Morgan fingerprint density at radius 3 is 2.62 bits per heavy atom. The Labute approximate surface area is 176 Å². The van der Waals surface area contributed by atoms with Gasteiger partial charge in [0.1, 0.15) is 11.6 Å². The Balaban J connectivity index is 1.24. The molecule has 0 aliphatic carbocycles. The molecular weight excluding hydrogens is 389 g/mol. The first-order valence-electron chi connectivity index (χ1n) is 10.2. The average molecular weight is 418 g/mol. The summed E-state index contributed by atoms with van der Waals surface area (Å²) < 4.78 is 21.6. The lowest BCUT2D eigenvalue weighted by Crippen LogP contribution is -2.47. The third-order valence-electron chi connectivity index (χ3n) is 5.63. The number of benzene rings is 2. The summed E-state index contributed by atoms with van der Waals surface area (Å²) >= 11 is 1.70. The van der Waals surface area contributed by atoms with Gasteiger partial charge in [0, 0.05) is 49.7 Å². The van der Waals surface area contributed by atoms with E-state index >= 15 is 0 Å². The predicted octanol–water partition coefficient (Wildman–Crippen LogP) is 3.40. The van der Waals surface area contributed by atoms with E-state index < -0.39 is 6.10 Å². The first-order chi connectivity index (χ1) is 14.2. The van der Waals surface area contributed by atoms with Gasteiger partial charge in [-0.3, -0.25) is 4.90 Å². The van der Waals surface area contributed by atoms with Gasteiger partial charge in [0.25, 0.3) is 0 Å². The van der Waals surface area contributed by atoms with Crippen LogP contribution in [0.3, 0.4) is 0 Å². The first kappa shape index (κ1) is 20.5. The lowest BCUT2D eigenvalue weighted by molar-refractivity contribution is 0.138. The van der Waals surface area contributed by atoms with Gasteiger partial charge >= 0.3 is 0 Å². The lowest BCUT2D eigenvalue weighted by Gasteiger charge is -2.37. The fourth-order valence-corrected chi connectivity index (χ4v) is 5.29. The molecule has 29 heavy (non-hydrogen) atoms. The summed E-state index contributed by atoms with van der Waals surface area (Å²) in [5.74, 6) is 0.619. The molecule has 1 saturated heterocycles. The molecule has 2 aliphatic heterocycles. The molecule has 2 heterocycles. The number of rotatable bonds is 6. The van der Waals surface area contributed by atoms with Crippen molar-refractivity contribution in [2.75, 3.05) is 57.8 Å². The number of fused-ring (bicyclic) bond motifs is 1. The molecule has 0 saturated carbocycles. The Kier molecular flexibility index (Phi) is 6.60. The van der Waals surface area contributed by atoms with Crippen molar-refractivity contribution in [1.82, 2.24) is 9.21 Å². The summed E-state index contributed by atoms with van der Waals surface area (Å²) in [7, 11) is 1.64. The number of β-amino-alcohol motifs (C(OH)–C–C–N with tert-alkyl or cyclic N) is 1. The van der Waals surface area contributed by atoms with E-state index in [9.17, 15) is 9.50 Å². The minimum atomic E-state index is -0.522. The minimum absolute atomic E-state index is 0.140. The van der Waals surface area contributed by atoms with E-state index in [0.29, 0.717) is 12.2 Å². The van der Waals surface area contributed by atoms with E-state index in [4.69, 9.17) is 4.74 Å². The number of methoxy groups -OCH3 is 1. The van der Waals surface area contributed by atoms with Crippen molar-refractivity contribution >= 4 is 17.6 Å². The van der Waals surface area contributed by atoms with Crippen LogP contribution in [-0.2, 0) is 0 Å². The molecule has 0 bridgehead atoms. The number of halogens is 1. The van der Waals surface area contributed by atoms with Gasteiger partial charge in [-0.05, 0) is 49.2 Å². The molecule has 0 aromatic heterocycles. The zero-order chi connectivity index (χ0) is 20.2. The van der Waals surface area contributed by atoms with E-state index in [-0.39, 0.29) is 5.82 Å². The first-order valence-corrected chi connectivity index (χ1v) is 10.9. The van der Waals surface area contributed by atoms with Crippen molar-refractivity contribution in [2.24, 2.45) is 0 Å². The Hall–Kier alpha value is -1.80. The van der Waals surface area contributed by atoms with Gasteiger partial charge in [-0.1, -0.05) is 18.2 Å². The van der Waals surface area contributed by atoms with Gasteiger partial charge in [-0.25, -0.2) is 8.70 Å². The van der Waals surface area contributed by atoms with Crippen LogP contribution in [0.15, 0.2) is 47.4 Å². The molecule has 4 rings (SSSR count). The van der Waals surface area contributed by atoms with Gasteiger partial charge in [0.2, 0.25) is 0 Å². The smallest absolute Gasteiger partial charge is 0.146 e. The molecule has 1 atom stereocenters. The minimum Gasteiger partial charge on any atom is -0.496 e. The van der Waals surface area contributed by atoms with Crippen LogP contribution in [0.5, 0.6) is 5.75 Å². The summed E-state index contributed by atoms with van der Waals surface area (Å²) in [6, 6.07) is 12.9. The van der Waals surface area contributed by atoms with E-state index in [1.165, 1.54) is 6.07 Å². The van der Waals surface area contributed by atoms with Crippen molar-refractivity contribution in [3.8, 4) is 5.75 Å². The van der Waals surface area contributed by atoms with E-state index in [2.05, 4.69) is 14.1 Å². The fraction of sp³-hybridized carbons (Fsp3) is 0.455. The van der Waals surface area contributed by atoms with Crippen molar-refractivity contribution in [2.45, 2.75) is 17.4 Å². The van der Waals surface area contributed by atoms with Crippen LogP contribution >= 0.6 is 11.9 Å². The number of piperazine rings is 1. The highest BCUT2D eigenvalue weighted by Crippen LogP contribution is 2.41. The van der Waals surface area contributed by atoms with Crippen molar-refractivity contribution < 1.29 is 14.2 Å². The summed E-state index contributed by atoms with van der Waals surface area (Å²) in [6.45, 7) is 6.15. The Morgan fingerprint density at radius 1 is 1.07 bits per heavy atom. The number of ether oxygens (including phenoxy) is 1. The number of hydrogen-bond acceptors (Lipinski definition) is 6. The molecule has 0 spiro atoms. The monoisotopic (exact) mass is 417 g/mol. The van der Waals surface area contributed by atoms with Crippen LogP contribution in [0.2, 0.25) is 0 Å². The van der Waals surface area contributed by atoms with Crippen molar-refractivity contribution in [3.05, 3.63) is 53.8 Å². The highest BCUT2D eigenvalue weighted by molar-refractivity contribution is 7.97. The van der Waals surface area contributed by atoms with Gasteiger partial charge in [-0.15, -0.1) is 0 Å². The van der Waals surface area contributed by atoms with Crippen LogP contribution in [0.25, 0.3) is 0 Å². The second kappa shape index (κ2) is 9.34. The van der Waals surface area contributed by atoms with E-state index in [1.54, 1.807) is 25.1 Å². The summed E-state index contributed by atoms with van der Waals surface area (Å²) in [4.78, 5) is 5.65. The molecule has 1 N–H and O–H groups in total. The molecule has 0 amide bonds. The summed E-state index contributed by atoms with van der Waals surface area (Å²) in [5, 5.41) is 10.6. The maximum atomic E-state index is 14.0. The van der Waals surface area contributed by atoms with Crippen molar-refractivity contribution in [1.29, 1.82) is 0 Å². The standard InChI is InChI=1S/C22H28FN3O2S/c1-28-20-8-4-9-21-22(20)19(27)16-26(29-21)11-5-10-24-12-14-25(15-13-24)18-7-3-2-6-17(18)23/h2-4,6-9,19,27H,5,10-16H2,1H3. The zero-order valence-electron chi connectivity index (χ0n) is 16.8. The zero-order valence-corrected chi connectivity index (χ0v) is 17.6. The fourth-order valence-electron chi connectivity index (χ4n) is 4.10. The molecule has 1 fully saturated rings. The van der Waals surface area contributed by atoms with Crippen LogP contribution in [-0.4, -0.2) is 67.2 Å². The number of aliphatic hydroxyl groups is 1. The third-order valence-corrected chi connectivity index (χ3v) is 6.77. The number of anilines is 1. The molecule has 156 valence electrons. The van der Waals surface area contributed by atoms with Gasteiger partial charge in [0.05, 0.1) is 18.9 Å². The van der Waals surface area contributed by atoms with Crippen LogP contribution in [0.1, 0.15) is 18.1 Å².